The fraction of sp³-hybridized carbons (Fsp3) is 0. The first-order valence-electron chi connectivity index (χ1n) is 7.38. The van der Waals surface area contributed by atoms with E-state index in [1.54, 1.807) is 0 Å². The Balaban J connectivity index is 2.19. The average molecular weight is 298 g/mol. The molecule has 0 aliphatic carbocycles. The third-order valence-corrected chi connectivity index (χ3v) is 4.51. The van der Waals surface area contributed by atoms with Crippen molar-refractivity contribution in [3.8, 4) is 0 Å². The molecule has 3 heteroatoms. The summed E-state index contributed by atoms with van der Waals surface area (Å²) in [4.78, 5) is 24.6. The number of hydrogen-bond acceptors (Lipinski definition) is 3. The molecule has 0 spiro atoms. The maximum absolute atomic E-state index is 12.3. The van der Waals surface area contributed by atoms with Crippen LogP contribution in [-0.4, -0.2) is 11.9 Å². The third-order valence-electron chi connectivity index (χ3n) is 4.51. The van der Waals surface area contributed by atoms with Crippen LogP contribution in [0.3, 0.4) is 0 Å². The zero-order chi connectivity index (χ0) is 15.6. The molecule has 1 heterocycles. The molecule has 0 amide bonds. The molecule has 0 aromatic heterocycles. The van der Waals surface area contributed by atoms with Crippen molar-refractivity contribution in [2.75, 3.05) is 0 Å². The molecule has 5 rings (SSSR count). The van der Waals surface area contributed by atoms with Crippen LogP contribution in [0.15, 0.2) is 60.7 Å². The standard InChI is InChI=1S/C20H10O3/c21-19-17-14-8-4-3-7-13(14)15-10-9-11-5-1-2-6-12(11)16(15)18(17)20(22)23-19/h1-10H. The first-order chi connectivity index (χ1) is 11.3. The van der Waals surface area contributed by atoms with Crippen molar-refractivity contribution in [2.45, 2.75) is 0 Å². The molecule has 23 heavy (non-hydrogen) atoms. The summed E-state index contributed by atoms with van der Waals surface area (Å²) in [6, 6.07) is 19.6. The fourth-order valence-electron chi connectivity index (χ4n) is 3.56. The Morgan fingerprint density at radius 3 is 2.04 bits per heavy atom. The summed E-state index contributed by atoms with van der Waals surface area (Å²) in [5.74, 6) is -1.12. The maximum atomic E-state index is 12.3. The van der Waals surface area contributed by atoms with E-state index >= 15 is 0 Å². The van der Waals surface area contributed by atoms with Gasteiger partial charge in [0.2, 0.25) is 0 Å². The summed E-state index contributed by atoms with van der Waals surface area (Å²) in [5, 5.41) is 5.47. The molecule has 1 aliphatic rings. The third kappa shape index (κ3) is 1.48. The number of rotatable bonds is 0. The lowest BCUT2D eigenvalue weighted by atomic mass is 9.90. The molecule has 0 N–H and O–H groups in total. The summed E-state index contributed by atoms with van der Waals surface area (Å²) < 4.78 is 4.92. The van der Waals surface area contributed by atoms with Crippen molar-refractivity contribution >= 4 is 44.3 Å². The second-order valence-electron chi connectivity index (χ2n) is 5.68. The lowest BCUT2D eigenvalue weighted by molar-refractivity contribution is 0.0445. The van der Waals surface area contributed by atoms with Gasteiger partial charge in [-0.2, -0.15) is 0 Å². The first kappa shape index (κ1) is 12.4. The Morgan fingerprint density at radius 2 is 1.22 bits per heavy atom. The van der Waals surface area contributed by atoms with E-state index in [9.17, 15) is 9.59 Å². The van der Waals surface area contributed by atoms with Gasteiger partial charge in [0.15, 0.2) is 0 Å². The number of cyclic esters (lactones) is 2. The van der Waals surface area contributed by atoms with Gasteiger partial charge in [0.25, 0.3) is 0 Å². The van der Waals surface area contributed by atoms with Crippen molar-refractivity contribution in [2.24, 2.45) is 0 Å². The van der Waals surface area contributed by atoms with E-state index in [-0.39, 0.29) is 0 Å². The summed E-state index contributed by atoms with van der Waals surface area (Å²) in [5.41, 5.74) is 0.773. The number of fused-ring (bicyclic) bond motifs is 8. The highest BCUT2D eigenvalue weighted by atomic mass is 16.6. The largest absolute Gasteiger partial charge is 0.386 e. The molecule has 0 saturated heterocycles. The molecule has 0 radical (unpaired) electrons. The molecule has 0 fully saturated rings. The van der Waals surface area contributed by atoms with Gasteiger partial charge >= 0.3 is 11.9 Å². The van der Waals surface area contributed by atoms with Crippen LogP contribution in [0.5, 0.6) is 0 Å². The second-order valence-corrected chi connectivity index (χ2v) is 5.68. The monoisotopic (exact) mass is 298 g/mol. The Kier molecular flexibility index (Phi) is 2.24. The highest BCUT2D eigenvalue weighted by Crippen LogP contribution is 2.40. The zero-order valence-corrected chi connectivity index (χ0v) is 12.0. The smallest absolute Gasteiger partial charge is 0.347 e. The summed E-state index contributed by atoms with van der Waals surface area (Å²) in [6.07, 6.45) is 0. The summed E-state index contributed by atoms with van der Waals surface area (Å²) in [6.45, 7) is 0. The minimum Gasteiger partial charge on any atom is -0.386 e. The van der Waals surface area contributed by atoms with Crippen LogP contribution in [0.2, 0.25) is 0 Å². The highest BCUT2D eigenvalue weighted by Gasteiger charge is 2.34. The quantitative estimate of drug-likeness (QED) is 0.273. The predicted molar refractivity (Wildman–Crippen MR) is 88.7 cm³/mol. The van der Waals surface area contributed by atoms with Crippen LogP contribution >= 0.6 is 0 Å². The van der Waals surface area contributed by atoms with Gasteiger partial charge in [-0.25, -0.2) is 9.59 Å². The molecule has 4 aromatic carbocycles. The van der Waals surface area contributed by atoms with Gasteiger partial charge in [-0.1, -0.05) is 60.7 Å². The minimum absolute atomic E-state index is 0.384. The maximum Gasteiger partial charge on any atom is 0.347 e. The van der Waals surface area contributed by atoms with E-state index in [0.29, 0.717) is 11.1 Å². The van der Waals surface area contributed by atoms with Gasteiger partial charge < -0.3 is 4.74 Å². The molecule has 4 aromatic rings. The molecular weight excluding hydrogens is 288 g/mol. The zero-order valence-electron chi connectivity index (χ0n) is 12.0. The van der Waals surface area contributed by atoms with E-state index in [2.05, 4.69) is 0 Å². The normalized spacial score (nSPS) is 13.7. The van der Waals surface area contributed by atoms with E-state index < -0.39 is 11.9 Å². The number of carbonyl (C=O) groups is 2. The Morgan fingerprint density at radius 1 is 0.565 bits per heavy atom. The van der Waals surface area contributed by atoms with Crippen LogP contribution in [0.1, 0.15) is 20.7 Å². The van der Waals surface area contributed by atoms with Gasteiger partial charge in [-0.3, -0.25) is 0 Å². The number of hydrogen-bond donors (Lipinski definition) is 0. The van der Waals surface area contributed by atoms with Crippen molar-refractivity contribution in [1.29, 1.82) is 0 Å². The molecule has 0 atom stereocenters. The van der Waals surface area contributed by atoms with Gasteiger partial charge in [0, 0.05) is 5.39 Å². The summed E-state index contributed by atoms with van der Waals surface area (Å²) >= 11 is 0. The second kappa shape index (κ2) is 4.17. The van der Waals surface area contributed by atoms with E-state index in [1.807, 2.05) is 60.7 Å². The predicted octanol–water partition coefficient (Wildman–Crippen LogP) is 4.46. The summed E-state index contributed by atoms with van der Waals surface area (Å²) in [7, 11) is 0. The Labute approximate surface area is 131 Å². The van der Waals surface area contributed by atoms with Crippen LogP contribution < -0.4 is 0 Å². The van der Waals surface area contributed by atoms with E-state index in [4.69, 9.17) is 4.74 Å². The van der Waals surface area contributed by atoms with Crippen LogP contribution in [0.4, 0.5) is 0 Å². The van der Waals surface area contributed by atoms with Crippen LogP contribution in [-0.2, 0) is 4.74 Å². The average Bonchev–Trinajstić information content (AvgIpc) is 2.89. The lowest BCUT2D eigenvalue weighted by Crippen LogP contribution is -1.97. The number of esters is 2. The van der Waals surface area contributed by atoms with Crippen molar-refractivity contribution in [3.05, 3.63) is 71.8 Å². The van der Waals surface area contributed by atoms with Crippen LogP contribution in [0.25, 0.3) is 32.3 Å². The van der Waals surface area contributed by atoms with Gasteiger partial charge in [0.05, 0.1) is 11.1 Å². The topological polar surface area (TPSA) is 43.4 Å². The van der Waals surface area contributed by atoms with Gasteiger partial charge in [-0.05, 0) is 26.9 Å². The van der Waals surface area contributed by atoms with E-state index in [1.165, 1.54) is 0 Å². The molecule has 0 saturated carbocycles. The SMILES string of the molecule is O=C1OC(=O)c2c1c1ccccc1c1ccc3ccccc3c21. The minimum atomic E-state index is -0.559. The number of ether oxygens (including phenoxy) is 1. The molecular formula is C20H10O3. The molecule has 0 bridgehead atoms. The first-order valence-corrected chi connectivity index (χ1v) is 7.38. The molecule has 0 unspecified atom stereocenters. The molecule has 108 valence electrons. The van der Waals surface area contributed by atoms with E-state index in [0.717, 1.165) is 32.3 Å². The van der Waals surface area contributed by atoms with Gasteiger partial charge in [0.1, 0.15) is 0 Å². The Hall–Kier alpha value is -3.20. The lowest BCUT2D eigenvalue weighted by Gasteiger charge is -2.11. The van der Waals surface area contributed by atoms with Crippen LogP contribution in [0, 0.1) is 0 Å². The van der Waals surface area contributed by atoms with Crippen molar-refractivity contribution < 1.29 is 14.3 Å². The fourth-order valence-corrected chi connectivity index (χ4v) is 3.56. The molecule has 1 aliphatic heterocycles. The number of carbonyl (C=O) groups excluding carboxylic acids is 2. The molecule has 3 nitrogen and oxygen atoms in total. The van der Waals surface area contributed by atoms with Crippen molar-refractivity contribution in [3.63, 3.8) is 0 Å². The highest BCUT2D eigenvalue weighted by molar-refractivity contribution is 6.33. The van der Waals surface area contributed by atoms with Gasteiger partial charge in [-0.15, -0.1) is 0 Å². The van der Waals surface area contributed by atoms with Crippen molar-refractivity contribution in [1.82, 2.24) is 0 Å². The number of benzene rings is 4. The Bertz CT molecular complexity index is 1170.